The summed E-state index contributed by atoms with van der Waals surface area (Å²) in [6.07, 6.45) is 4.86. The van der Waals surface area contributed by atoms with E-state index in [0.717, 1.165) is 32.5 Å². The molecule has 1 aliphatic carbocycles. The molecule has 1 aromatic carbocycles. The van der Waals surface area contributed by atoms with Crippen molar-refractivity contribution in [2.24, 2.45) is 5.41 Å². The number of nitrogens with one attached hydrogen (secondary N) is 1. The first-order valence-electron chi connectivity index (χ1n) is 12.4. The SMILES string of the molecule is CCS(=O)(=O)c1cnc(N2CCN(C(=O)NC3CC4(C3)CN(Cc3ccccc3)C4)[C@H](C)C2)nc1. The third-order valence-electron chi connectivity index (χ3n) is 7.58. The lowest BCUT2D eigenvalue weighted by Gasteiger charge is -2.59. The smallest absolute Gasteiger partial charge is 0.317 e. The van der Waals surface area contributed by atoms with Crippen LogP contribution in [0, 0.1) is 5.41 Å². The Balaban J connectivity index is 1.07. The Morgan fingerprint density at radius 3 is 2.43 bits per heavy atom. The summed E-state index contributed by atoms with van der Waals surface area (Å²) in [4.78, 5) is 28.0. The molecule has 2 aliphatic heterocycles. The van der Waals surface area contributed by atoms with E-state index in [-0.39, 0.29) is 28.8 Å². The number of likely N-dealkylation sites (tertiary alicyclic amines) is 1. The minimum absolute atomic E-state index is 0.00257. The van der Waals surface area contributed by atoms with E-state index in [1.807, 2.05) is 22.8 Å². The zero-order valence-corrected chi connectivity index (χ0v) is 21.2. The fourth-order valence-corrected chi connectivity index (χ4v) is 6.46. The van der Waals surface area contributed by atoms with Crippen molar-refractivity contribution in [2.45, 2.75) is 50.2 Å². The maximum Gasteiger partial charge on any atom is 0.317 e. The fourth-order valence-electron chi connectivity index (χ4n) is 5.70. The third kappa shape index (κ3) is 4.99. The van der Waals surface area contributed by atoms with Gasteiger partial charge in [-0.05, 0) is 30.7 Å². The molecule has 1 saturated carbocycles. The number of sulfone groups is 1. The number of carbonyl (C=O) groups excluding carboxylic acids is 1. The highest BCUT2D eigenvalue weighted by Crippen LogP contribution is 2.48. The number of hydrogen-bond acceptors (Lipinski definition) is 7. The van der Waals surface area contributed by atoms with Crippen LogP contribution in [-0.2, 0) is 16.4 Å². The Kier molecular flexibility index (Phi) is 6.43. The minimum atomic E-state index is -3.32. The van der Waals surface area contributed by atoms with E-state index in [1.165, 1.54) is 18.0 Å². The lowest BCUT2D eigenvalue weighted by Crippen LogP contribution is -2.67. The third-order valence-corrected chi connectivity index (χ3v) is 9.27. The molecule has 0 radical (unpaired) electrons. The summed E-state index contributed by atoms with van der Waals surface area (Å²) in [7, 11) is -3.32. The fraction of sp³-hybridized carbons (Fsp3) is 0.560. The lowest BCUT2D eigenvalue weighted by molar-refractivity contribution is -0.0810. The van der Waals surface area contributed by atoms with E-state index in [1.54, 1.807) is 6.92 Å². The van der Waals surface area contributed by atoms with Crippen molar-refractivity contribution in [3.05, 3.63) is 48.3 Å². The standard InChI is InChI=1S/C25H34N6O3S/c1-3-35(33,34)22-13-26-23(27-14-22)30-9-10-31(19(2)15-30)24(32)28-21-11-25(12-21)17-29(18-25)16-20-7-5-4-6-8-20/h4-8,13-14,19,21H,3,9-12,15-18H2,1-2H3,(H,28,32)/t19-/m1/s1. The second-order valence-electron chi connectivity index (χ2n) is 10.3. The van der Waals surface area contributed by atoms with Gasteiger partial charge in [-0.25, -0.2) is 23.2 Å². The summed E-state index contributed by atoms with van der Waals surface area (Å²) >= 11 is 0. The van der Waals surface area contributed by atoms with Crippen molar-refractivity contribution in [3.63, 3.8) is 0 Å². The van der Waals surface area contributed by atoms with Crippen LogP contribution < -0.4 is 10.2 Å². The first-order valence-corrected chi connectivity index (χ1v) is 14.1. The Bertz CT molecular complexity index is 1140. The number of benzene rings is 1. The molecule has 188 valence electrons. The Hall–Kier alpha value is -2.72. The van der Waals surface area contributed by atoms with Crippen LogP contribution in [0.3, 0.4) is 0 Å². The average Bonchev–Trinajstić information content (AvgIpc) is 2.82. The van der Waals surface area contributed by atoms with Crippen LogP contribution >= 0.6 is 0 Å². The van der Waals surface area contributed by atoms with Crippen LogP contribution in [0.15, 0.2) is 47.6 Å². The number of anilines is 1. The van der Waals surface area contributed by atoms with E-state index in [4.69, 9.17) is 0 Å². The number of aromatic nitrogens is 2. The number of nitrogens with zero attached hydrogens (tertiary/aromatic N) is 5. The van der Waals surface area contributed by atoms with Crippen LogP contribution in [0.5, 0.6) is 0 Å². The lowest BCUT2D eigenvalue weighted by atomic mass is 9.60. The van der Waals surface area contributed by atoms with Crippen LogP contribution in [0.25, 0.3) is 0 Å². The molecular weight excluding hydrogens is 464 g/mol. The van der Waals surface area contributed by atoms with Crippen LogP contribution in [0.2, 0.25) is 0 Å². The predicted molar refractivity (Wildman–Crippen MR) is 134 cm³/mol. The average molecular weight is 499 g/mol. The quantitative estimate of drug-likeness (QED) is 0.652. The molecule has 1 atom stereocenters. The first kappa shape index (κ1) is 24.0. The Labute approximate surface area is 207 Å². The summed E-state index contributed by atoms with van der Waals surface area (Å²) in [5.74, 6) is 0.520. The van der Waals surface area contributed by atoms with Crippen molar-refractivity contribution in [2.75, 3.05) is 43.4 Å². The summed E-state index contributed by atoms with van der Waals surface area (Å²) in [5.41, 5.74) is 1.73. The van der Waals surface area contributed by atoms with Crippen LogP contribution in [0.4, 0.5) is 10.7 Å². The van der Waals surface area contributed by atoms with Gasteiger partial charge in [-0.15, -0.1) is 0 Å². The molecule has 2 saturated heterocycles. The van der Waals surface area contributed by atoms with Gasteiger partial charge in [0.1, 0.15) is 4.90 Å². The number of carbonyl (C=O) groups is 1. The Morgan fingerprint density at radius 2 is 1.80 bits per heavy atom. The topological polar surface area (TPSA) is 98.7 Å². The molecule has 35 heavy (non-hydrogen) atoms. The number of hydrogen-bond donors (Lipinski definition) is 1. The molecule has 5 rings (SSSR count). The van der Waals surface area contributed by atoms with E-state index in [9.17, 15) is 13.2 Å². The molecule has 0 bridgehead atoms. The molecule has 9 nitrogen and oxygen atoms in total. The van der Waals surface area contributed by atoms with Crippen molar-refractivity contribution in [3.8, 4) is 0 Å². The summed E-state index contributed by atoms with van der Waals surface area (Å²) in [6.45, 7) is 8.65. The second-order valence-corrected chi connectivity index (χ2v) is 12.6. The van der Waals surface area contributed by atoms with Gasteiger partial charge < -0.3 is 15.1 Å². The van der Waals surface area contributed by atoms with Crippen molar-refractivity contribution in [1.29, 1.82) is 0 Å². The monoisotopic (exact) mass is 498 g/mol. The van der Waals surface area contributed by atoms with E-state index in [0.29, 0.717) is 31.0 Å². The van der Waals surface area contributed by atoms with Crippen molar-refractivity contribution in [1.82, 2.24) is 25.1 Å². The number of rotatable bonds is 6. The first-order chi connectivity index (χ1) is 16.8. The second kappa shape index (κ2) is 9.39. The molecule has 0 unspecified atom stereocenters. The highest BCUT2D eigenvalue weighted by molar-refractivity contribution is 7.91. The van der Waals surface area contributed by atoms with Gasteiger partial charge in [0.05, 0.1) is 18.1 Å². The van der Waals surface area contributed by atoms with Gasteiger partial charge in [0.2, 0.25) is 5.95 Å². The van der Waals surface area contributed by atoms with Gasteiger partial charge >= 0.3 is 6.03 Å². The minimum Gasteiger partial charge on any atom is -0.337 e. The van der Waals surface area contributed by atoms with Gasteiger partial charge in [0.25, 0.3) is 0 Å². The van der Waals surface area contributed by atoms with Gasteiger partial charge in [0, 0.05) is 51.4 Å². The van der Waals surface area contributed by atoms with Crippen LogP contribution in [0.1, 0.15) is 32.3 Å². The molecule has 3 aliphatic rings. The molecule has 1 N–H and O–H groups in total. The molecule has 2 amide bonds. The van der Waals surface area contributed by atoms with Crippen LogP contribution in [-0.4, -0.2) is 84.8 Å². The molecule has 1 aromatic heterocycles. The van der Waals surface area contributed by atoms with E-state index in [2.05, 4.69) is 44.5 Å². The number of urea groups is 1. The maximum absolute atomic E-state index is 13.0. The summed E-state index contributed by atoms with van der Waals surface area (Å²) in [6, 6.07) is 10.8. The maximum atomic E-state index is 13.0. The van der Waals surface area contributed by atoms with Crippen molar-refractivity contribution < 1.29 is 13.2 Å². The number of piperazine rings is 1. The van der Waals surface area contributed by atoms with Gasteiger partial charge in [0.15, 0.2) is 9.84 Å². The summed E-state index contributed by atoms with van der Waals surface area (Å²) < 4.78 is 24.0. The molecule has 1 spiro atoms. The molecule has 10 heteroatoms. The zero-order valence-electron chi connectivity index (χ0n) is 20.4. The Morgan fingerprint density at radius 1 is 1.11 bits per heavy atom. The molecule has 3 fully saturated rings. The van der Waals surface area contributed by atoms with E-state index >= 15 is 0 Å². The highest BCUT2D eigenvalue weighted by Gasteiger charge is 2.52. The van der Waals surface area contributed by atoms with Gasteiger partial charge in [-0.2, -0.15) is 0 Å². The number of amides is 2. The predicted octanol–water partition coefficient (Wildman–Crippen LogP) is 2.15. The molecule has 3 heterocycles. The van der Waals surface area contributed by atoms with Crippen molar-refractivity contribution >= 4 is 21.8 Å². The van der Waals surface area contributed by atoms with Gasteiger partial charge in [-0.3, -0.25) is 4.90 Å². The van der Waals surface area contributed by atoms with E-state index < -0.39 is 9.84 Å². The normalized spacial score (nSPS) is 22.5. The largest absolute Gasteiger partial charge is 0.337 e. The molecular formula is C25H34N6O3S. The summed E-state index contributed by atoms with van der Waals surface area (Å²) in [5, 5.41) is 3.24. The zero-order chi connectivity index (χ0) is 24.6. The molecule has 2 aromatic rings. The van der Waals surface area contributed by atoms with Gasteiger partial charge in [-0.1, -0.05) is 37.3 Å². The highest BCUT2D eigenvalue weighted by atomic mass is 32.2.